The van der Waals surface area contributed by atoms with Gasteiger partial charge in [-0.2, -0.15) is 0 Å². The molecule has 0 radical (unpaired) electrons. The van der Waals surface area contributed by atoms with E-state index >= 15 is 0 Å². The summed E-state index contributed by atoms with van der Waals surface area (Å²) < 4.78 is 0. The van der Waals surface area contributed by atoms with Crippen LogP contribution in [0.2, 0.25) is 0 Å². The lowest BCUT2D eigenvalue weighted by Gasteiger charge is -1.82. The van der Waals surface area contributed by atoms with Gasteiger partial charge in [0.25, 0.3) is 0 Å². The molecule has 0 aliphatic carbocycles. The Bertz CT molecular complexity index is 116. The Balaban J connectivity index is 3.16. The predicted molar refractivity (Wildman–Crippen MR) is 37.9 cm³/mol. The van der Waals surface area contributed by atoms with Crippen LogP contribution in [0.3, 0.4) is 0 Å². The van der Waals surface area contributed by atoms with Gasteiger partial charge in [0.2, 0.25) is 0 Å². The maximum absolute atomic E-state index is 8.20. The number of unbranched alkanes of at least 4 members (excludes halogenated alkanes) is 1. The zero-order valence-electron chi connectivity index (χ0n) is 4.97. The van der Waals surface area contributed by atoms with E-state index in [4.69, 9.17) is 21.6 Å². The normalized spacial score (nSPS) is 7.89. The van der Waals surface area contributed by atoms with Crippen LogP contribution in [0.15, 0.2) is 0 Å². The second-order valence-corrected chi connectivity index (χ2v) is 1.87. The fraction of sp³-hybridized carbons (Fsp3) is 0.600. The van der Waals surface area contributed by atoms with E-state index in [2.05, 4.69) is 11.7 Å². The van der Waals surface area contributed by atoms with Crippen molar-refractivity contribution in [1.82, 2.24) is 0 Å². The van der Waals surface area contributed by atoms with Crippen LogP contribution in [0.25, 0.3) is 0 Å². The fourth-order valence-corrected chi connectivity index (χ4v) is 0.452. The summed E-state index contributed by atoms with van der Waals surface area (Å²) in [5.74, 6) is 5.30. The molecule has 4 heteroatoms. The lowest BCUT2D eigenvalue weighted by Crippen LogP contribution is -2.06. The van der Waals surface area contributed by atoms with E-state index in [0.717, 1.165) is 6.42 Å². The lowest BCUT2D eigenvalue weighted by molar-refractivity contribution is 0.427. The third-order valence-electron chi connectivity index (χ3n) is 0.667. The highest BCUT2D eigenvalue weighted by Crippen LogP contribution is 1.88. The van der Waals surface area contributed by atoms with Gasteiger partial charge in [0, 0.05) is 12.3 Å². The second-order valence-electron chi connectivity index (χ2n) is 1.49. The van der Waals surface area contributed by atoms with Gasteiger partial charge in [-0.3, -0.25) is 0 Å². The lowest BCUT2D eigenvalue weighted by atomic mass is 9.94. The third-order valence-corrected chi connectivity index (χ3v) is 0.934. The molecule has 9 heavy (non-hydrogen) atoms. The van der Waals surface area contributed by atoms with Gasteiger partial charge in [0.05, 0.1) is 0 Å². The van der Waals surface area contributed by atoms with Crippen LogP contribution in [-0.4, -0.2) is 23.0 Å². The molecule has 0 aromatic rings. The van der Waals surface area contributed by atoms with E-state index < -0.39 is 7.12 Å². The fourth-order valence-electron chi connectivity index (χ4n) is 0.319. The standard InChI is InChI=1S/C5H8BClO2/c7-5-3-1-2-4-6(8)9/h8-9H,1,3,5H2. The Hall–Kier alpha value is -0.165. The van der Waals surface area contributed by atoms with Crippen molar-refractivity contribution in [2.45, 2.75) is 12.8 Å². The zero-order valence-corrected chi connectivity index (χ0v) is 5.73. The van der Waals surface area contributed by atoms with Crippen molar-refractivity contribution >= 4 is 18.7 Å². The van der Waals surface area contributed by atoms with Crippen molar-refractivity contribution in [3.05, 3.63) is 0 Å². The van der Waals surface area contributed by atoms with E-state index in [1.807, 2.05) is 0 Å². The van der Waals surface area contributed by atoms with Crippen molar-refractivity contribution in [3.63, 3.8) is 0 Å². The van der Waals surface area contributed by atoms with Gasteiger partial charge in [0.15, 0.2) is 0 Å². The maximum Gasteiger partial charge on any atom is 0.544 e. The van der Waals surface area contributed by atoms with Gasteiger partial charge in [-0.15, -0.1) is 17.5 Å². The number of rotatable bonds is 2. The summed E-state index contributed by atoms with van der Waals surface area (Å²) in [5, 5.41) is 16.4. The molecule has 0 rings (SSSR count). The Morgan fingerprint density at radius 2 is 2.11 bits per heavy atom. The molecule has 0 atom stereocenters. The van der Waals surface area contributed by atoms with Crippen LogP contribution in [0.5, 0.6) is 0 Å². The third kappa shape index (κ3) is 7.83. The Morgan fingerprint density at radius 3 is 2.56 bits per heavy atom. The number of alkyl halides is 1. The minimum absolute atomic E-state index is 0.566. The molecule has 0 spiro atoms. The van der Waals surface area contributed by atoms with E-state index in [1.165, 1.54) is 0 Å². The van der Waals surface area contributed by atoms with Gasteiger partial charge in [-0.25, -0.2) is 0 Å². The summed E-state index contributed by atoms with van der Waals surface area (Å²) in [4.78, 5) is 0. The van der Waals surface area contributed by atoms with Gasteiger partial charge >= 0.3 is 7.12 Å². The number of hydrogen-bond acceptors (Lipinski definition) is 2. The van der Waals surface area contributed by atoms with Gasteiger partial charge in [0.1, 0.15) is 0 Å². The Kier molecular flexibility index (Phi) is 5.85. The van der Waals surface area contributed by atoms with Crippen LogP contribution in [0.4, 0.5) is 0 Å². The summed E-state index contributed by atoms with van der Waals surface area (Å²) in [5.41, 5.74) is 0. The zero-order chi connectivity index (χ0) is 7.11. The summed E-state index contributed by atoms with van der Waals surface area (Å²) in [6, 6.07) is 0. The highest BCUT2D eigenvalue weighted by atomic mass is 35.5. The van der Waals surface area contributed by atoms with Gasteiger partial charge < -0.3 is 10.0 Å². The van der Waals surface area contributed by atoms with Crippen molar-refractivity contribution in [1.29, 1.82) is 0 Å². The molecule has 0 unspecified atom stereocenters. The molecule has 2 nitrogen and oxygen atoms in total. The van der Waals surface area contributed by atoms with Gasteiger partial charge in [-0.1, -0.05) is 5.82 Å². The SMILES string of the molecule is OB(O)C#CCCCCl. The molecule has 0 aliphatic heterocycles. The van der Waals surface area contributed by atoms with E-state index in [1.54, 1.807) is 0 Å². The molecule has 0 amide bonds. The Morgan fingerprint density at radius 1 is 1.44 bits per heavy atom. The molecule has 0 aliphatic rings. The van der Waals surface area contributed by atoms with Crippen LogP contribution in [0, 0.1) is 11.7 Å². The molecule has 0 bridgehead atoms. The minimum atomic E-state index is -1.50. The monoisotopic (exact) mass is 146 g/mol. The molecule has 2 N–H and O–H groups in total. The first kappa shape index (κ1) is 8.83. The van der Waals surface area contributed by atoms with Gasteiger partial charge in [-0.05, 0) is 6.42 Å². The molecular formula is C5H8BClO2. The van der Waals surface area contributed by atoms with Crippen LogP contribution >= 0.6 is 11.6 Å². The second kappa shape index (κ2) is 5.96. The molecule has 0 aromatic carbocycles. The van der Waals surface area contributed by atoms with Crippen molar-refractivity contribution < 1.29 is 10.0 Å². The van der Waals surface area contributed by atoms with E-state index in [-0.39, 0.29) is 0 Å². The summed E-state index contributed by atoms with van der Waals surface area (Å²) in [7, 11) is -1.50. The number of hydrogen-bond donors (Lipinski definition) is 2. The summed E-state index contributed by atoms with van der Waals surface area (Å²) in [6.45, 7) is 0. The predicted octanol–water partition coefficient (Wildman–Crippen LogP) is 0.0208. The quantitative estimate of drug-likeness (QED) is 0.250. The van der Waals surface area contributed by atoms with Crippen LogP contribution < -0.4 is 0 Å². The Labute approximate surface area is 60.0 Å². The maximum atomic E-state index is 8.20. The highest BCUT2D eigenvalue weighted by Gasteiger charge is 1.96. The largest absolute Gasteiger partial charge is 0.544 e. The van der Waals surface area contributed by atoms with E-state index in [0.29, 0.717) is 12.3 Å². The number of halogens is 1. The first-order chi connectivity index (χ1) is 4.27. The topological polar surface area (TPSA) is 40.5 Å². The van der Waals surface area contributed by atoms with E-state index in [9.17, 15) is 0 Å². The average Bonchev–Trinajstić information content (AvgIpc) is 1.80. The first-order valence-electron chi connectivity index (χ1n) is 2.68. The molecule has 0 heterocycles. The highest BCUT2D eigenvalue weighted by molar-refractivity contribution is 6.51. The van der Waals surface area contributed by atoms with Crippen molar-refractivity contribution in [2.24, 2.45) is 0 Å². The molecule has 0 aromatic heterocycles. The van der Waals surface area contributed by atoms with Crippen LogP contribution in [0.1, 0.15) is 12.8 Å². The van der Waals surface area contributed by atoms with Crippen molar-refractivity contribution in [2.75, 3.05) is 5.88 Å². The molecule has 0 saturated carbocycles. The molecule has 0 fully saturated rings. The smallest absolute Gasteiger partial charge is 0.416 e. The molecule has 0 saturated heterocycles. The minimum Gasteiger partial charge on any atom is -0.416 e. The van der Waals surface area contributed by atoms with Crippen molar-refractivity contribution in [3.8, 4) is 11.7 Å². The molecule has 50 valence electrons. The first-order valence-corrected chi connectivity index (χ1v) is 3.21. The summed E-state index contributed by atoms with van der Waals surface area (Å²) in [6.07, 6.45) is 1.42. The summed E-state index contributed by atoms with van der Waals surface area (Å²) >= 11 is 5.32. The average molecular weight is 146 g/mol. The van der Waals surface area contributed by atoms with Crippen LogP contribution in [-0.2, 0) is 0 Å². The molecular weight excluding hydrogens is 138 g/mol.